The standard InChI is InChI=1S/C19H26F2N2O4S/c1-3-28(25,26)23-13-18(12-19(20,21)14-23)8-5-9-22(17(18)24)11-15-6-4-7-16(10-15)27-2/h4,6-7,10H,3,5,8-9,11-14H2,1-2H3. The summed E-state index contributed by atoms with van der Waals surface area (Å²) in [4.78, 5) is 14.8. The third-order valence-electron chi connectivity index (χ3n) is 5.57. The molecule has 2 aliphatic rings. The van der Waals surface area contributed by atoms with E-state index in [1.807, 2.05) is 12.1 Å². The van der Waals surface area contributed by atoms with Crippen molar-refractivity contribution in [3.8, 4) is 5.75 Å². The van der Waals surface area contributed by atoms with Gasteiger partial charge in [0, 0.05) is 26.1 Å². The van der Waals surface area contributed by atoms with Gasteiger partial charge in [0.1, 0.15) is 5.75 Å². The van der Waals surface area contributed by atoms with Gasteiger partial charge in [-0.25, -0.2) is 17.2 Å². The Hall–Kier alpha value is -1.74. The van der Waals surface area contributed by atoms with Crippen LogP contribution < -0.4 is 4.74 Å². The average Bonchev–Trinajstić information content (AvgIpc) is 2.64. The number of hydrogen-bond acceptors (Lipinski definition) is 4. The monoisotopic (exact) mass is 416 g/mol. The minimum atomic E-state index is -3.81. The largest absolute Gasteiger partial charge is 0.497 e. The number of benzene rings is 1. The zero-order valence-electron chi connectivity index (χ0n) is 16.2. The number of carbonyl (C=O) groups is 1. The van der Waals surface area contributed by atoms with E-state index in [4.69, 9.17) is 4.74 Å². The number of hydrogen-bond donors (Lipinski definition) is 0. The van der Waals surface area contributed by atoms with E-state index >= 15 is 0 Å². The Labute approximate surface area is 164 Å². The highest BCUT2D eigenvalue weighted by atomic mass is 32.2. The van der Waals surface area contributed by atoms with E-state index in [9.17, 15) is 22.0 Å². The Morgan fingerprint density at radius 2 is 2.00 bits per heavy atom. The van der Waals surface area contributed by atoms with Crippen LogP contribution in [0.25, 0.3) is 0 Å². The molecule has 3 rings (SSSR count). The van der Waals surface area contributed by atoms with Crippen LogP contribution in [0, 0.1) is 5.41 Å². The summed E-state index contributed by atoms with van der Waals surface area (Å²) in [5.41, 5.74) is -0.536. The summed E-state index contributed by atoms with van der Waals surface area (Å²) in [6, 6.07) is 7.25. The SMILES string of the molecule is CCS(=O)(=O)N1CC(F)(F)CC2(CCCN(Cc3cccc(OC)c3)C2=O)C1. The number of methoxy groups -OCH3 is 1. The lowest BCUT2D eigenvalue weighted by Crippen LogP contribution is -2.61. The number of alkyl halides is 2. The summed E-state index contributed by atoms with van der Waals surface area (Å²) < 4.78 is 59.5. The first kappa shape index (κ1) is 21.0. The van der Waals surface area contributed by atoms with Crippen LogP contribution in [0.1, 0.15) is 31.7 Å². The van der Waals surface area contributed by atoms with Gasteiger partial charge < -0.3 is 9.64 Å². The molecule has 0 aliphatic carbocycles. The molecule has 156 valence electrons. The minimum Gasteiger partial charge on any atom is -0.497 e. The predicted octanol–water partition coefficient (Wildman–Crippen LogP) is 2.49. The van der Waals surface area contributed by atoms with Crippen molar-refractivity contribution in [2.24, 2.45) is 5.41 Å². The van der Waals surface area contributed by atoms with Gasteiger partial charge >= 0.3 is 0 Å². The second-order valence-electron chi connectivity index (χ2n) is 7.66. The molecular formula is C19H26F2N2O4S. The second kappa shape index (κ2) is 7.59. The molecule has 6 nitrogen and oxygen atoms in total. The molecule has 9 heteroatoms. The van der Waals surface area contributed by atoms with Gasteiger partial charge in [0.25, 0.3) is 5.92 Å². The van der Waals surface area contributed by atoms with Gasteiger partial charge in [-0.2, -0.15) is 4.31 Å². The van der Waals surface area contributed by atoms with Crippen molar-refractivity contribution in [2.45, 2.75) is 38.7 Å². The van der Waals surface area contributed by atoms with Crippen molar-refractivity contribution in [1.82, 2.24) is 9.21 Å². The molecule has 0 N–H and O–H groups in total. The van der Waals surface area contributed by atoms with Crippen molar-refractivity contribution in [1.29, 1.82) is 0 Å². The maximum atomic E-state index is 14.5. The van der Waals surface area contributed by atoms with E-state index < -0.39 is 40.2 Å². The highest BCUT2D eigenvalue weighted by Gasteiger charge is 2.56. The van der Waals surface area contributed by atoms with E-state index in [0.29, 0.717) is 18.7 Å². The molecule has 0 saturated carbocycles. The second-order valence-corrected chi connectivity index (χ2v) is 9.92. The smallest absolute Gasteiger partial charge is 0.262 e. The van der Waals surface area contributed by atoms with Crippen LogP contribution in [-0.2, 0) is 21.4 Å². The zero-order valence-corrected chi connectivity index (χ0v) is 17.0. The van der Waals surface area contributed by atoms with Gasteiger partial charge in [0.2, 0.25) is 15.9 Å². The van der Waals surface area contributed by atoms with Gasteiger partial charge in [-0.3, -0.25) is 4.79 Å². The normalized spacial score (nSPS) is 25.9. The van der Waals surface area contributed by atoms with Crippen LogP contribution in [0.5, 0.6) is 5.75 Å². The third kappa shape index (κ3) is 4.15. The predicted molar refractivity (Wildman–Crippen MR) is 101 cm³/mol. The van der Waals surface area contributed by atoms with Crippen molar-refractivity contribution in [3.63, 3.8) is 0 Å². The van der Waals surface area contributed by atoms with Gasteiger partial charge in [0.15, 0.2) is 0 Å². The number of nitrogens with zero attached hydrogens (tertiary/aromatic N) is 2. The summed E-state index contributed by atoms with van der Waals surface area (Å²) >= 11 is 0. The lowest BCUT2D eigenvalue weighted by atomic mass is 9.72. The minimum absolute atomic E-state index is 0.174. The van der Waals surface area contributed by atoms with Crippen LogP contribution in [0.15, 0.2) is 24.3 Å². The molecule has 28 heavy (non-hydrogen) atoms. The van der Waals surface area contributed by atoms with Crippen LogP contribution in [0.3, 0.4) is 0 Å². The summed E-state index contributed by atoms with van der Waals surface area (Å²) in [6.45, 7) is 1.14. The van der Waals surface area contributed by atoms with Gasteiger partial charge in [-0.05, 0) is 37.5 Å². The Kier molecular flexibility index (Phi) is 5.69. The molecule has 1 amide bonds. The first-order valence-corrected chi connectivity index (χ1v) is 11.0. The first-order valence-electron chi connectivity index (χ1n) is 9.39. The summed E-state index contributed by atoms with van der Waals surface area (Å²) in [6.07, 6.45) is 0.223. The van der Waals surface area contributed by atoms with Crippen LogP contribution >= 0.6 is 0 Å². The number of halogens is 2. The Balaban J connectivity index is 1.87. The molecule has 1 aromatic rings. The lowest BCUT2D eigenvalue weighted by Gasteiger charge is -2.48. The number of likely N-dealkylation sites (tertiary alicyclic amines) is 1. The Bertz CT molecular complexity index is 846. The molecule has 2 fully saturated rings. The number of rotatable bonds is 5. The quantitative estimate of drug-likeness (QED) is 0.740. The highest BCUT2D eigenvalue weighted by molar-refractivity contribution is 7.89. The third-order valence-corrected chi connectivity index (χ3v) is 7.35. The molecule has 1 spiro atoms. The molecule has 1 atom stereocenters. The molecule has 2 heterocycles. The van der Waals surface area contributed by atoms with Crippen molar-refractivity contribution >= 4 is 15.9 Å². The maximum Gasteiger partial charge on any atom is 0.262 e. The molecule has 2 aliphatic heterocycles. The van der Waals surface area contributed by atoms with Crippen LogP contribution in [-0.4, -0.2) is 61.9 Å². The van der Waals surface area contributed by atoms with Crippen LogP contribution in [0.2, 0.25) is 0 Å². The maximum absolute atomic E-state index is 14.5. The summed E-state index contributed by atoms with van der Waals surface area (Å²) in [5.74, 6) is -3.23. The molecule has 0 bridgehead atoms. The van der Waals surface area contributed by atoms with Crippen molar-refractivity contribution in [2.75, 3.05) is 32.5 Å². The summed E-state index contributed by atoms with van der Waals surface area (Å²) in [5, 5.41) is 0. The topological polar surface area (TPSA) is 66.9 Å². The zero-order chi connectivity index (χ0) is 20.6. The highest BCUT2D eigenvalue weighted by Crippen LogP contribution is 2.46. The number of carbonyl (C=O) groups excluding carboxylic acids is 1. The van der Waals surface area contributed by atoms with Crippen molar-refractivity contribution < 1.29 is 26.7 Å². The number of sulfonamides is 1. The molecule has 2 saturated heterocycles. The van der Waals surface area contributed by atoms with Gasteiger partial charge in [-0.1, -0.05) is 12.1 Å². The van der Waals surface area contributed by atoms with E-state index in [1.54, 1.807) is 24.1 Å². The fourth-order valence-electron chi connectivity index (χ4n) is 4.24. The molecular weight excluding hydrogens is 390 g/mol. The molecule has 1 unspecified atom stereocenters. The number of ether oxygens (including phenoxy) is 1. The van der Waals surface area contributed by atoms with E-state index in [2.05, 4.69) is 0 Å². The van der Waals surface area contributed by atoms with Gasteiger partial charge in [-0.15, -0.1) is 0 Å². The molecule has 0 radical (unpaired) electrons. The van der Waals surface area contributed by atoms with E-state index in [1.165, 1.54) is 6.92 Å². The number of piperidine rings is 2. The Morgan fingerprint density at radius 1 is 1.25 bits per heavy atom. The lowest BCUT2D eigenvalue weighted by molar-refractivity contribution is -0.164. The number of amides is 1. The Morgan fingerprint density at radius 3 is 2.68 bits per heavy atom. The molecule has 0 aromatic heterocycles. The van der Waals surface area contributed by atoms with Crippen LogP contribution in [0.4, 0.5) is 8.78 Å². The fraction of sp³-hybridized carbons (Fsp3) is 0.632. The fourth-order valence-corrected chi connectivity index (χ4v) is 5.44. The van der Waals surface area contributed by atoms with E-state index in [-0.39, 0.29) is 25.3 Å². The average molecular weight is 416 g/mol. The van der Waals surface area contributed by atoms with E-state index in [0.717, 1.165) is 9.87 Å². The first-order chi connectivity index (χ1) is 13.1. The van der Waals surface area contributed by atoms with Crippen molar-refractivity contribution in [3.05, 3.63) is 29.8 Å². The van der Waals surface area contributed by atoms with Gasteiger partial charge in [0.05, 0.1) is 24.8 Å². The summed E-state index contributed by atoms with van der Waals surface area (Å²) in [7, 11) is -2.26. The molecule has 1 aromatic carbocycles.